The number of aryl methyl sites for hydroxylation is 2. The van der Waals surface area contributed by atoms with Crippen LogP contribution in [-0.4, -0.2) is 23.2 Å². The SMILES string of the molecule is Cc1nc(C)c(C(C)NCC(C)(C)CO)s1. The fourth-order valence-corrected chi connectivity index (χ4v) is 2.48. The van der Waals surface area contributed by atoms with Crippen LogP contribution in [-0.2, 0) is 0 Å². The summed E-state index contributed by atoms with van der Waals surface area (Å²) in [5.74, 6) is 0. The Morgan fingerprint density at radius 2 is 2.06 bits per heavy atom. The van der Waals surface area contributed by atoms with E-state index >= 15 is 0 Å². The summed E-state index contributed by atoms with van der Waals surface area (Å²) >= 11 is 1.74. The number of aliphatic hydroxyl groups excluding tert-OH is 1. The summed E-state index contributed by atoms with van der Waals surface area (Å²) in [6.07, 6.45) is 0. The highest BCUT2D eigenvalue weighted by molar-refractivity contribution is 7.11. The van der Waals surface area contributed by atoms with Crippen LogP contribution < -0.4 is 5.32 Å². The van der Waals surface area contributed by atoms with Gasteiger partial charge >= 0.3 is 0 Å². The topological polar surface area (TPSA) is 45.2 Å². The second-order valence-electron chi connectivity index (χ2n) is 5.11. The number of nitrogens with zero attached hydrogens (tertiary/aromatic N) is 1. The normalized spacial score (nSPS) is 14.1. The quantitative estimate of drug-likeness (QED) is 0.833. The lowest BCUT2D eigenvalue weighted by molar-refractivity contribution is 0.154. The Kier molecular flexibility index (Phi) is 4.47. The Balaban J connectivity index is 2.59. The molecule has 0 saturated carbocycles. The van der Waals surface area contributed by atoms with E-state index in [4.69, 9.17) is 0 Å². The average Bonchev–Trinajstić information content (AvgIpc) is 2.54. The fraction of sp³-hybridized carbons (Fsp3) is 0.750. The maximum atomic E-state index is 9.19. The third-order valence-corrected chi connectivity index (χ3v) is 3.90. The molecule has 0 saturated heterocycles. The first-order valence-corrected chi connectivity index (χ1v) is 6.45. The Morgan fingerprint density at radius 3 is 2.50 bits per heavy atom. The Labute approximate surface area is 102 Å². The predicted molar refractivity (Wildman–Crippen MR) is 68.9 cm³/mol. The van der Waals surface area contributed by atoms with Crippen molar-refractivity contribution < 1.29 is 5.11 Å². The lowest BCUT2D eigenvalue weighted by atomic mass is 9.94. The molecule has 0 fully saturated rings. The molecule has 1 aromatic heterocycles. The largest absolute Gasteiger partial charge is 0.396 e. The molecule has 1 rings (SSSR count). The zero-order chi connectivity index (χ0) is 12.3. The molecule has 4 heteroatoms. The second kappa shape index (κ2) is 5.25. The van der Waals surface area contributed by atoms with Crippen molar-refractivity contribution >= 4 is 11.3 Å². The molecular weight excluding hydrogens is 220 g/mol. The third-order valence-electron chi connectivity index (χ3n) is 2.65. The van der Waals surface area contributed by atoms with Gasteiger partial charge in [-0.2, -0.15) is 0 Å². The zero-order valence-electron chi connectivity index (χ0n) is 10.8. The number of nitrogens with one attached hydrogen (secondary N) is 1. The van der Waals surface area contributed by atoms with E-state index in [0.717, 1.165) is 17.2 Å². The van der Waals surface area contributed by atoms with Crippen molar-refractivity contribution in [2.24, 2.45) is 5.41 Å². The van der Waals surface area contributed by atoms with Crippen molar-refractivity contribution in [1.29, 1.82) is 0 Å². The molecule has 0 amide bonds. The standard InChI is InChI=1S/C12H22N2OS/c1-8(13-6-12(4,5)7-15)11-9(2)14-10(3)16-11/h8,13,15H,6-7H2,1-5H3. The smallest absolute Gasteiger partial charge is 0.0900 e. The molecule has 1 aromatic rings. The molecule has 1 atom stereocenters. The van der Waals surface area contributed by atoms with Crippen LogP contribution >= 0.6 is 11.3 Å². The first kappa shape index (κ1) is 13.6. The minimum absolute atomic E-state index is 0.0676. The summed E-state index contributed by atoms with van der Waals surface area (Å²) in [5, 5.41) is 13.8. The van der Waals surface area contributed by atoms with Gasteiger partial charge in [0.2, 0.25) is 0 Å². The van der Waals surface area contributed by atoms with Crippen LogP contribution in [0.1, 0.15) is 42.4 Å². The highest BCUT2D eigenvalue weighted by atomic mass is 32.1. The van der Waals surface area contributed by atoms with Gasteiger partial charge in [0.1, 0.15) is 0 Å². The Bertz CT molecular complexity index is 347. The van der Waals surface area contributed by atoms with Gasteiger partial charge in [-0.05, 0) is 20.8 Å². The second-order valence-corrected chi connectivity index (χ2v) is 6.34. The van der Waals surface area contributed by atoms with Gasteiger partial charge in [0.25, 0.3) is 0 Å². The van der Waals surface area contributed by atoms with E-state index in [1.54, 1.807) is 11.3 Å². The van der Waals surface area contributed by atoms with Crippen molar-refractivity contribution in [2.45, 2.75) is 40.7 Å². The molecule has 0 aliphatic heterocycles. The fourth-order valence-electron chi connectivity index (χ4n) is 1.53. The number of rotatable bonds is 5. The lowest BCUT2D eigenvalue weighted by Gasteiger charge is -2.24. The van der Waals surface area contributed by atoms with Gasteiger partial charge in [0, 0.05) is 29.5 Å². The highest BCUT2D eigenvalue weighted by Gasteiger charge is 2.19. The molecule has 1 unspecified atom stereocenters. The molecule has 1 heterocycles. The van der Waals surface area contributed by atoms with Crippen LogP contribution in [0.15, 0.2) is 0 Å². The van der Waals surface area contributed by atoms with Crippen LogP contribution in [0.5, 0.6) is 0 Å². The van der Waals surface area contributed by atoms with Crippen LogP contribution in [0.2, 0.25) is 0 Å². The van der Waals surface area contributed by atoms with Gasteiger partial charge < -0.3 is 10.4 Å². The van der Waals surface area contributed by atoms with Crippen LogP contribution in [0.3, 0.4) is 0 Å². The van der Waals surface area contributed by atoms with Crippen LogP contribution in [0.4, 0.5) is 0 Å². The molecule has 0 bridgehead atoms. The molecule has 0 aliphatic carbocycles. The maximum Gasteiger partial charge on any atom is 0.0900 e. The van der Waals surface area contributed by atoms with Gasteiger partial charge in [0.15, 0.2) is 0 Å². The van der Waals surface area contributed by atoms with Crippen LogP contribution in [0.25, 0.3) is 0 Å². The van der Waals surface area contributed by atoms with E-state index in [1.807, 2.05) is 13.8 Å². The minimum Gasteiger partial charge on any atom is -0.396 e. The van der Waals surface area contributed by atoms with Crippen molar-refractivity contribution in [3.05, 3.63) is 15.6 Å². The Morgan fingerprint density at radius 1 is 1.44 bits per heavy atom. The number of aromatic nitrogens is 1. The van der Waals surface area contributed by atoms with Gasteiger partial charge in [-0.1, -0.05) is 13.8 Å². The number of aliphatic hydroxyl groups is 1. The zero-order valence-corrected chi connectivity index (χ0v) is 11.6. The molecule has 0 aliphatic rings. The minimum atomic E-state index is -0.0676. The summed E-state index contributed by atoms with van der Waals surface area (Å²) in [6.45, 7) is 11.3. The number of hydrogen-bond acceptors (Lipinski definition) is 4. The maximum absolute atomic E-state index is 9.19. The number of thiazole rings is 1. The van der Waals surface area contributed by atoms with E-state index in [-0.39, 0.29) is 12.0 Å². The van der Waals surface area contributed by atoms with Gasteiger partial charge in [-0.3, -0.25) is 0 Å². The first-order valence-electron chi connectivity index (χ1n) is 5.64. The first-order chi connectivity index (χ1) is 7.35. The molecule has 0 aromatic carbocycles. The third kappa shape index (κ3) is 3.54. The molecule has 92 valence electrons. The van der Waals surface area contributed by atoms with E-state index in [1.165, 1.54) is 4.88 Å². The van der Waals surface area contributed by atoms with Gasteiger partial charge in [0.05, 0.1) is 10.7 Å². The summed E-state index contributed by atoms with van der Waals surface area (Å²) in [6, 6.07) is 0.303. The molecule has 0 radical (unpaired) electrons. The summed E-state index contributed by atoms with van der Waals surface area (Å²) in [7, 11) is 0. The molecule has 0 spiro atoms. The van der Waals surface area contributed by atoms with Crippen molar-refractivity contribution in [2.75, 3.05) is 13.2 Å². The number of hydrogen-bond donors (Lipinski definition) is 2. The summed E-state index contributed by atoms with van der Waals surface area (Å²) in [5.41, 5.74) is 1.05. The molecule has 3 nitrogen and oxygen atoms in total. The molecular formula is C12H22N2OS. The lowest BCUT2D eigenvalue weighted by Crippen LogP contribution is -2.33. The average molecular weight is 242 g/mol. The summed E-state index contributed by atoms with van der Waals surface area (Å²) in [4.78, 5) is 5.72. The van der Waals surface area contributed by atoms with E-state index in [2.05, 4.69) is 31.1 Å². The monoisotopic (exact) mass is 242 g/mol. The van der Waals surface area contributed by atoms with Gasteiger partial charge in [-0.25, -0.2) is 4.98 Å². The van der Waals surface area contributed by atoms with E-state index < -0.39 is 0 Å². The van der Waals surface area contributed by atoms with Crippen molar-refractivity contribution in [3.63, 3.8) is 0 Å². The molecule has 16 heavy (non-hydrogen) atoms. The predicted octanol–water partition coefficient (Wildman–Crippen LogP) is 2.43. The van der Waals surface area contributed by atoms with E-state index in [0.29, 0.717) is 6.04 Å². The van der Waals surface area contributed by atoms with E-state index in [9.17, 15) is 5.11 Å². The van der Waals surface area contributed by atoms with Crippen LogP contribution in [0, 0.1) is 19.3 Å². The summed E-state index contributed by atoms with van der Waals surface area (Å²) < 4.78 is 0. The molecule has 2 N–H and O–H groups in total. The van der Waals surface area contributed by atoms with Crippen molar-refractivity contribution in [3.8, 4) is 0 Å². The Hall–Kier alpha value is -0.450. The van der Waals surface area contributed by atoms with Gasteiger partial charge in [-0.15, -0.1) is 11.3 Å². The highest BCUT2D eigenvalue weighted by Crippen LogP contribution is 2.25. The van der Waals surface area contributed by atoms with Crippen molar-refractivity contribution in [1.82, 2.24) is 10.3 Å².